The Hall–Kier alpha value is -2.57. The van der Waals surface area contributed by atoms with Crippen molar-refractivity contribution < 1.29 is 22.7 Å². The molecule has 2 aliphatic carbocycles. The molecule has 2 aromatic rings. The van der Waals surface area contributed by atoms with Crippen LogP contribution in [0.2, 0.25) is 0 Å². The summed E-state index contributed by atoms with van der Waals surface area (Å²) in [6.07, 6.45) is 2.69. The average molecular weight is 432 g/mol. The Morgan fingerprint density at radius 3 is 2.71 bits per heavy atom. The summed E-state index contributed by atoms with van der Waals surface area (Å²) in [7, 11) is 0. The molecule has 0 radical (unpaired) electrons. The van der Waals surface area contributed by atoms with Gasteiger partial charge in [0.05, 0.1) is 0 Å². The van der Waals surface area contributed by atoms with Crippen molar-refractivity contribution in [1.82, 2.24) is 4.98 Å². The van der Waals surface area contributed by atoms with Crippen molar-refractivity contribution >= 4 is 6.09 Å². The number of nitrogens with two attached hydrogens (primary N) is 1. The van der Waals surface area contributed by atoms with E-state index in [0.29, 0.717) is 25.7 Å². The first-order chi connectivity index (χ1) is 14.7. The van der Waals surface area contributed by atoms with Crippen molar-refractivity contribution in [2.45, 2.75) is 57.0 Å². The van der Waals surface area contributed by atoms with Crippen LogP contribution in [-0.2, 0) is 11.2 Å². The number of halogens is 3. The predicted molar refractivity (Wildman–Crippen MR) is 111 cm³/mol. The number of primary amides is 1. The largest absolute Gasteiger partial charge is 0.443 e. The summed E-state index contributed by atoms with van der Waals surface area (Å²) in [5.41, 5.74) is 6.89. The Morgan fingerprint density at radius 2 is 2.03 bits per heavy atom. The van der Waals surface area contributed by atoms with Crippen molar-refractivity contribution in [2.75, 3.05) is 0 Å². The topological polar surface area (TPSA) is 65.2 Å². The average Bonchev–Trinajstić information content (AvgIpc) is 2.95. The second-order valence-corrected chi connectivity index (χ2v) is 9.15. The Kier molecular flexibility index (Phi) is 5.71. The van der Waals surface area contributed by atoms with Gasteiger partial charge in [0, 0.05) is 36.2 Å². The van der Waals surface area contributed by atoms with Gasteiger partial charge in [0.2, 0.25) is 5.92 Å². The molecule has 0 spiro atoms. The van der Waals surface area contributed by atoms with E-state index in [0.717, 1.165) is 16.8 Å². The fourth-order valence-electron chi connectivity index (χ4n) is 5.71. The van der Waals surface area contributed by atoms with Crippen molar-refractivity contribution in [3.05, 3.63) is 54.1 Å². The van der Waals surface area contributed by atoms with Crippen molar-refractivity contribution in [3.8, 4) is 11.1 Å². The molecule has 0 aliphatic heterocycles. The van der Waals surface area contributed by atoms with Crippen LogP contribution >= 0.6 is 0 Å². The van der Waals surface area contributed by atoms with E-state index in [4.69, 9.17) is 10.5 Å². The number of ether oxygens (including phenoxy) is 1. The predicted octanol–water partition coefficient (Wildman–Crippen LogP) is 5.75. The third-order valence-corrected chi connectivity index (χ3v) is 7.01. The number of alkyl halides is 2. The molecule has 4 rings (SSSR count). The summed E-state index contributed by atoms with van der Waals surface area (Å²) in [6.45, 7) is 1.82. The molecule has 0 bridgehead atoms. The minimum absolute atomic E-state index is 0.0502. The number of fused-ring (bicyclic) bond motifs is 1. The lowest BCUT2D eigenvalue weighted by molar-refractivity contribution is -0.0685. The lowest BCUT2D eigenvalue weighted by atomic mass is 9.74. The highest BCUT2D eigenvalue weighted by Crippen LogP contribution is 2.56. The monoisotopic (exact) mass is 432 g/mol. The zero-order valence-electron chi connectivity index (χ0n) is 17.5. The zero-order chi connectivity index (χ0) is 22.2. The molecule has 0 saturated heterocycles. The van der Waals surface area contributed by atoms with E-state index in [9.17, 15) is 18.0 Å². The third kappa shape index (κ3) is 4.70. The molecule has 31 heavy (non-hydrogen) atoms. The van der Waals surface area contributed by atoms with Gasteiger partial charge in [-0.15, -0.1) is 0 Å². The minimum atomic E-state index is -2.65. The van der Waals surface area contributed by atoms with E-state index in [2.05, 4.69) is 4.98 Å². The Morgan fingerprint density at radius 1 is 1.23 bits per heavy atom. The van der Waals surface area contributed by atoms with E-state index >= 15 is 0 Å². The molecule has 4 nitrogen and oxygen atoms in total. The number of nitrogens with zero attached hydrogens (tertiary/aromatic N) is 1. The number of hydrogen-bond acceptors (Lipinski definition) is 3. The molecule has 2 fully saturated rings. The number of carbonyl (C=O) groups excluding carboxylic acids is 1. The van der Waals surface area contributed by atoms with Gasteiger partial charge in [-0.1, -0.05) is 18.2 Å². The maximum atomic E-state index is 14.0. The molecular weight excluding hydrogens is 405 g/mol. The number of rotatable bonds is 5. The first-order valence-corrected chi connectivity index (χ1v) is 10.7. The Labute approximate surface area is 180 Å². The van der Waals surface area contributed by atoms with Crippen molar-refractivity contribution in [3.63, 3.8) is 0 Å². The molecule has 4 atom stereocenters. The normalized spacial score (nSPS) is 29.4. The van der Waals surface area contributed by atoms with E-state index in [1.54, 1.807) is 12.3 Å². The molecule has 166 valence electrons. The molecule has 2 N–H and O–H groups in total. The summed E-state index contributed by atoms with van der Waals surface area (Å²) < 4.78 is 46.9. The van der Waals surface area contributed by atoms with Crippen LogP contribution in [0.25, 0.3) is 11.1 Å². The summed E-state index contributed by atoms with van der Waals surface area (Å²) in [6, 6.07) is 10.1. The smallest absolute Gasteiger partial charge is 0.405 e. The summed E-state index contributed by atoms with van der Waals surface area (Å²) in [5, 5.41) is 0. The standard InChI is InChI=1S/C24H27F3N2O2/c1-23(31-22(28)30)12-17-13-24(26,27)10-9-20(17)21(23)8-7-19-6-5-16(14-29-19)15-3-2-4-18(25)11-15/h2-6,11,14,17,20-21H,7-10,12-13H2,1H3,(H2,28,30)/t17-,20-,21+,23?/m1/s1. The van der Waals surface area contributed by atoms with E-state index in [1.807, 2.05) is 25.1 Å². The van der Waals surface area contributed by atoms with Crippen LogP contribution in [0.3, 0.4) is 0 Å². The van der Waals surface area contributed by atoms with E-state index in [-0.39, 0.29) is 36.4 Å². The molecule has 1 heterocycles. The van der Waals surface area contributed by atoms with Crippen molar-refractivity contribution in [2.24, 2.45) is 23.5 Å². The number of benzene rings is 1. The SMILES string of the molecule is CC1(OC(N)=O)C[C@@H]2CC(F)(F)CC[C@H]2[C@@H]1CCc1ccc(-c2cccc(F)c2)cn1. The molecule has 2 aliphatic rings. The molecule has 1 unspecified atom stereocenters. The summed E-state index contributed by atoms with van der Waals surface area (Å²) in [5.74, 6) is -3.11. The maximum absolute atomic E-state index is 14.0. The van der Waals surface area contributed by atoms with Crippen LogP contribution in [-0.4, -0.2) is 22.6 Å². The third-order valence-electron chi connectivity index (χ3n) is 7.01. The lowest BCUT2D eigenvalue weighted by Crippen LogP contribution is -2.39. The van der Waals surface area contributed by atoms with Crippen LogP contribution in [0.5, 0.6) is 0 Å². The van der Waals surface area contributed by atoms with Crippen LogP contribution < -0.4 is 5.73 Å². The molecule has 2 saturated carbocycles. The van der Waals surface area contributed by atoms with Crippen LogP contribution in [0, 0.1) is 23.6 Å². The maximum Gasteiger partial charge on any atom is 0.405 e. The van der Waals surface area contributed by atoms with Gasteiger partial charge in [-0.05, 0) is 68.2 Å². The highest BCUT2D eigenvalue weighted by Gasteiger charge is 2.57. The van der Waals surface area contributed by atoms with Gasteiger partial charge < -0.3 is 10.5 Å². The highest BCUT2D eigenvalue weighted by atomic mass is 19.3. The van der Waals surface area contributed by atoms with E-state index in [1.165, 1.54) is 12.1 Å². The number of hydrogen-bond donors (Lipinski definition) is 1. The quantitative estimate of drug-likeness (QED) is 0.655. The lowest BCUT2D eigenvalue weighted by Gasteiger charge is -2.36. The minimum Gasteiger partial charge on any atom is -0.443 e. The second-order valence-electron chi connectivity index (χ2n) is 9.15. The molecule has 7 heteroatoms. The fourth-order valence-corrected chi connectivity index (χ4v) is 5.71. The first-order valence-electron chi connectivity index (χ1n) is 10.7. The number of aromatic nitrogens is 1. The summed E-state index contributed by atoms with van der Waals surface area (Å²) >= 11 is 0. The molecule has 1 aromatic heterocycles. The number of pyridine rings is 1. The molecular formula is C24H27F3N2O2. The first kappa shape index (κ1) is 21.7. The fraction of sp³-hybridized carbons (Fsp3) is 0.500. The van der Waals surface area contributed by atoms with Gasteiger partial charge in [0.25, 0.3) is 0 Å². The number of carbonyl (C=O) groups is 1. The van der Waals surface area contributed by atoms with Gasteiger partial charge in [-0.25, -0.2) is 18.0 Å². The zero-order valence-corrected chi connectivity index (χ0v) is 17.5. The highest BCUT2D eigenvalue weighted by molar-refractivity contribution is 5.65. The number of aryl methyl sites for hydroxylation is 1. The van der Waals surface area contributed by atoms with Gasteiger partial charge in [0.1, 0.15) is 11.4 Å². The van der Waals surface area contributed by atoms with Crippen LogP contribution in [0.4, 0.5) is 18.0 Å². The van der Waals surface area contributed by atoms with Gasteiger partial charge in [-0.3, -0.25) is 4.98 Å². The van der Waals surface area contributed by atoms with Crippen molar-refractivity contribution in [1.29, 1.82) is 0 Å². The van der Waals surface area contributed by atoms with Gasteiger partial charge in [-0.2, -0.15) is 0 Å². The van der Waals surface area contributed by atoms with E-state index < -0.39 is 17.6 Å². The second kappa shape index (κ2) is 8.17. The van der Waals surface area contributed by atoms with Gasteiger partial charge >= 0.3 is 6.09 Å². The summed E-state index contributed by atoms with van der Waals surface area (Å²) in [4.78, 5) is 16.0. The molecule has 1 aromatic carbocycles. The van der Waals surface area contributed by atoms with Crippen LogP contribution in [0.1, 0.15) is 44.7 Å². The molecule has 1 amide bonds. The Bertz CT molecular complexity index is 950. The number of amides is 1. The van der Waals surface area contributed by atoms with Gasteiger partial charge in [0.15, 0.2) is 0 Å². The Balaban J connectivity index is 1.48. The van der Waals surface area contributed by atoms with Crippen LogP contribution in [0.15, 0.2) is 42.6 Å².